The molecule has 0 heterocycles. The summed E-state index contributed by atoms with van der Waals surface area (Å²) >= 11 is 3.40. The predicted octanol–water partition coefficient (Wildman–Crippen LogP) is 3.48. The predicted molar refractivity (Wildman–Crippen MR) is 107 cm³/mol. The molecule has 0 aromatic heterocycles. The minimum atomic E-state index is -0.810. The van der Waals surface area contributed by atoms with Crippen LogP contribution in [0.2, 0.25) is 0 Å². The van der Waals surface area contributed by atoms with Gasteiger partial charge in [-0.3, -0.25) is 14.4 Å². The average Bonchev–Trinajstić information content (AvgIpc) is 2.63. The van der Waals surface area contributed by atoms with Gasteiger partial charge in [0.15, 0.2) is 11.9 Å². The molecule has 142 valence electrons. The zero-order valence-corrected chi connectivity index (χ0v) is 16.9. The van der Waals surface area contributed by atoms with Crippen molar-refractivity contribution in [1.82, 2.24) is 5.32 Å². The van der Waals surface area contributed by atoms with Crippen LogP contribution in [0.15, 0.2) is 46.9 Å². The summed E-state index contributed by atoms with van der Waals surface area (Å²) in [6, 6.07) is 12.0. The lowest BCUT2D eigenvalue weighted by atomic mass is 10.1. The van der Waals surface area contributed by atoms with Crippen LogP contribution >= 0.6 is 15.9 Å². The van der Waals surface area contributed by atoms with Gasteiger partial charge in [0.05, 0.1) is 6.54 Å². The number of hydrogen-bond donors (Lipinski definition) is 2. The van der Waals surface area contributed by atoms with Gasteiger partial charge in [-0.1, -0.05) is 28.1 Å². The van der Waals surface area contributed by atoms with Gasteiger partial charge in [0.1, 0.15) is 5.75 Å². The number of ether oxygens (including phenoxy) is 1. The van der Waals surface area contributed by atoms with Crippen LogP contribution in [-0.4, -0.2) is 30.2 Å². The molecule has 7 heteroatoms. The number of amides is 2. The molecular weight excluding hydrogens is 412 g/mol. The van der Waals surface area contributed by atoms with E-state index in [-0.39, 0.29) is 18.2 Å². The first kappa shape index (κ1) is 20.6. The Morgan fingerprint density at radius 3 is 2.56 bits per heavy atom. The molecule has 2 aromatic rings. The maximum Gasteiger partial charge on any atom is 0.261 e. The third-order valence-electron chi connectivity index (χ3n) is 3.79. The standard InChI is InChI=1S/C20H21BrN2O4/c1-12-9-16(7-8-18(12)21)23-19(25)11-22-20(26)14(3)27-17-6-4-5-15(10-17)13(2)24/h4-10,14H,11H2,1-3H3,(H,22,26)(H,23,25). The quantitative estimate of drug-likeness (QED) is 0.655. The first-order valence-corrected chi connectivity index (χ1v) is 9.17. The summed E-state index contributed by atoms with van der Waals surface area (Å²) in [4.78, 5) is 35.5. The third-order valence-corrected chi connectivity index (χ3v) is 4.68. The van der Waals surface area contributed by atoms with Gasteiger partial charge in [-0.15, -0.1) is 0 Å². The summed E-state index contributed by atoms with van der Waals surface area (Å²) in [5, 5.41) is 5.25. The van der Waals surface area contributed by atoms with E-state index in [4.69, 9.17) is 4.74 Å². The van der Waals surface area contributed by atoms with Crippen molar-refractivity contribution in [1.29, 1.82) is 0 Å². The van der Waals surface area contributed by atoms with Gasteiger partial charge in [0.2, 0.25) is 5.91 Å². The number of anilines is 1. The van der Waals surface area contributed by atoms with E-state index in [1.807, 2.05) is 19.1 Å². The molecule has 0 aliphatic carbocycles. The second-order valence-corrected chi connectivity index (χ2v) is 6.93. The highest BCUT2D eigenvalue weighted by Gasteiger charge is 2.16. The Bertz CT molecular complexity index is 867. The van der Waals surface area contributed by atoms with Crippen molar-refractivity contribution in [2.45, 2.75) is 26.9 Å². The molecule has 1 atom stereocenters. The van der Waals surface area contributed by atoms with E-state index in [0.29, 0.717) is 17.0 Å². The SMILES string of the molecule is CC(=O)c1cccc(OC(C)C(=O)NCC(=O)Nc2ccc(Br)c(C)c2)c1. The lowest BCUT2D eigenvalue weighted by Crippen LogP contribution is -2.40. The van der Waals surface area contributed by atoms with Crippen LogP contribution < -0.4 is 15.4 Å². The second-order valence-electron chi connectivity index (χ2n) is 6.07. The zero-order valence-electron chi connectivity index (χ0n) is 15.3. The number of rotatable bonds is 7. The maximum absolute atomic E-state index is 12.1. The highest BCUT2D eigenvalue weighted by atomic mass is 79.9. The first-order valence-electron chi connectivity index (χ1n) is 8.37. The van der Waals surface area contributed by atoms with Gasteiger partial charge in [-0.2, -0.15) is 0 Å². The van der Waals surface area contributed by atoms with Crippen molar-refractivity contribution < 1.29 is 19.1 Å². The molecule has 0 aliphatic heterocycles. The van der Waals surface area contributed by atoms with Gasteiger partial charge in [0, 0.05) is 15.7 Å². The number of carbonyl (C=O) groups excluding carboxylic acids is 3. The Morgan fingerprint density at radius 1 is 1.15 bits per heavy atom. The molecule has 6 nitrogen and oxygen atoms in total. The highest BCUT2D eigenvalue weighted by Crippen LogP contribution is 2.20. The summed E-state index contributed by atoms with van der Waals surface area (Å²) < 4.78 is 6.50. The second kappa shape index (κ2) is 9.32. The smallest absolute Gasteiger partial charge is 0.261 e. The maximum atomic E-state index is 12.1. The monoisotopic (exact) mass is 432 g/mol. The Balaban J connectivity index is 1.85. The molecule has 2 aromatic carbocycles. The summed E-state index contributed by atoms with van der Waals surface area (Å²) in [5.41, 5.74) is 2.15. The minimum absolute atomic E-state index is 0.0857. The van der Waals surface area contributed by atoms with Crippen LogP contribution in [0.25, 0.3) is 0 Å². The average molecular weight is 433 g/mol. The van der Waals surface area contributed by atoms with Gasteiger partial charge in [-0.05, 0) is 56.7 Å². The van der Waals surface area contributed by atoms with E-state index in [1.54, 1.807) is 37.3 Å². The van der Waals surface area contributed by atoms with Crippen LogP contribution in [0.4, 0.5) is 5.69 Å². The molecule has 1 unspecified atom stereocenters. The fraction of sp³-hybridized carbons (Fsp3) is 0.250. The molecular formula is C20H21BrN2O4. The number of Topliss-reactive ketones (excluding diaryl/α,β-unsaturated/α-hetero) is 1. The molecule has 0 radical (unpaired) electrons. The minimum Gasteiger partial charge on any atom is -0.481 e. The summed E-state index contributed by atoms with van der Waals surface area (Å²) in [5.74, 6) is -0.432. The zero-order chi connectivity index (χ0) is 20.0. The van der Waals surface area contributed by atoms with E-state index in [9.17, 15) is 14.4 Å². The van der Waals surface area contributed by atoms with Crippen LogP contribution in [0.3, 0.4) is 0 Å². The number of aryl methyl sites for hydroxylation is 1. The summed E-state index contributed by atoms with van der Waals surface area (Å²) in [7, 11) is 0. The molecule has 0 spiro atoms. The summed E-state index contributed by atoms with van der Waals surface area (Å²) in [6.07, 6.45) is -0.810. The van der Waals surface area contributed by atoms with Gasteiger partial charge in [-0.25, -0.2) is 0 Å². The van der Waals surface area contributed by atoms with E-state index in [0.717, 1.165) is 10.0 Å². The molecule has 2 amide bonds. The Labute approximate surface area is 166 Å². The van der Waals surface area contributed by atoms with Gasteiger partial charge < -0.3 is 15.4 Å². The third kappa shape index (κ3) is 6.21. The van der Waals surface area contributed by atoms with Crippen molar-refractivity contribution >= 4 is 39.2 Å². The largest absolute Gasteiger partial charge is 0.481 e. The first-order chi connectivity index (χ1) is 12.8. The number of nitrogens with one attached hydrogen (secondary N) is 2. The number of carbonyl (C=O) groups is 3. The van der Waals surface area contributed by atoms with E-state index in [1.165, 1.54) is 6.92 Å². The number of benzene rings is 2. The molecule has 2 N–H and O–H groups in total. The van der Waals surface area contributed by atoms with Crippen molar-refractivity contribution in [2.24, 2.45) is 0 Å². The Morgan fingerprint density at radius 2 is 1.89 bits per heavy atom. The topological polar surface area (TPSA) is 84.5 Å². The van der Waals surface area contributed by atoms with Crippen LogP contribution in [0.1, 0.15) is 29.8 Å². The van der Waals surface area contributed by atoms with Crippen LogP contribution in [0, 0.1) is 6.92 Å². The fourth-order valence-electron chi connectivity index (χ4n) is 2.28. The molecule has 0 fully saturated rings. The molecule has 0 saturated heterocycles. The van der Waals surface area contributed by atoms with Crippen molar-refractivity contribution in [3.05, 3.63) is 58.1 Å². The summed E-state index contributed by atoms with van der Waals surface area (Å²) in [6.45, 7) is 4.78. The number of halogens is 1. The molecule has 0 bridgehead atoms. The molecule has 2 rings (SSSR count). The fourth-order valence-corrected chi connectivity index (χ4v) is 2.53. The highest BCUT2D eigenvalue weighted by molar-refractivity contribution is 9.10. The van der Waals surface area contributed by atoms with E-state index >= 15 is 0 Å². The number of ketones is 1. The van der Waals surface area contributed by atoms with Crippen LogP contribution in [0.5, 0.6) is 5.75 Å². The number of hydrogen-bond acceptors (Lipinski definition) is 4. The van der Waals surface area contributed by atoms with Crippen LogP contribution in [-0.2, 0) is 9.59 Å². The molecule has 27 heavy (non-hydrogen) atoms. The van der Waals surface area contributed by atoms with Gasteiger partial charge in [0.25, 0.3) is 5.91 Å². The van der Waals surface area contributed by atoms with Crippen molar-refractivity contribution in [2.75, 3.05) is 11.9 Å². The Hall–Kier alpha value is -2.67. The lowest BCUT2D eigenvalue weighted by molar-refractivity contribution is -0.129. The molecule has 0 saturated carbocycles. The molecule has 0 aliphatic rings. The van der Waals surface area contributed by atoms with Gasteiger partial charge >= 0.3 is 0 Å². The normalized spacial score (nSPS) is 11.4. The lowest BCUT2D eigenvalue weighted by Gasteiger charge is -2.15. The Kier molecular flexibility index (Phi) is 7.12. The van der Waals surface area contributed by atoms with Crippen molar-refractivity contribution in [3.8, 4) is 5.75 Å². The van der Waals surface area contributed by atoms with Crippen molar-refractivity contribution in [3.63, 3.8) is 0 Å². The van der Waals surface area contributed by atoms with E-state index < -0.39 is 12.0 Å². The van der Waals surface area contributed by atoms with E-state index in [2.05, 4.69) is 26.6 Å².